The molecule has 0 saturated heterocycles. The van der Waals surface area contributed by atoms with Gasteiger partial charge in [-0.3, -0.25) is 0 Å². The van der Waals surface area contributed by atoms with Crippen LogP contribution >= 0.6 is 11.8 Å². The molecule has 0 amide bonds. The molecule has 0 radical (unpaired) electrons. The number of hydrogen-bond acceptors (Lipinski definition) is 2. The third-order valence-corrected chi connectivity index (χ3v) is 7.67. The number of rotatable bonds is 6. The summed E-state index contributed by atoms with van der Waals surface area (Å²) in [4.78, 5) is 0. The first-order valence-corrected chi connectivity index (χ1v) is 9.60. The second-order valence-electron chi connectivity index (χ2n) is 7.94. The first kappa shape index (κ1) is 14.3. The molecule has 110 valence electrons. The van der Waals surface area contributed by atoms with Crippen molar-refractivity contribution < 1.29 is 0 Å². The lowest BCUT2D eigenvalue weighted by molar-refractivity contribution is -0.0629. The van der Waals surface area contributed by atoms with Gasteiger partial charge in [-0.1, -0.05) is 20.3 Å². The summed E-state index contributed by atoms with van der Waals surface area (Å²) in [5, 5.41) is 0. The molecule has 1 nitrogen and oxygen atoms in total. The van der Waals surface area contributed by atoms with Crippen LogP contribution in [0.4, 0.5) is 0 Å². The highest BCUT2D eigenvalue weighted by Gasteiger charge is 2.53. The number of hydrogen-bond donors (Lipinski definition) is 1. The van der Waals surface area contributed by atoms with Gasteiger partial charge in [0.15, 0.2) is 0 Å². The smallest absolute Gasteiger partial charge is 0.0187 e. The van der Waals surface area contributed by atoms with Crippen LogP contribution in [-0.4, -0.2) is 17.5 Å². The third kappa shape index (κ3) is 2.85. The molecule has 0 aromatic heterocycles. The molecule has 0 spiro atoms. The molecule has 0 aromatic rings. The van der Waals surface area contributed by atoms with Gasteiger partial charge in [0.2, 0.25) is 0 Å². The van der Waals surface area contributed by atoms with Crippen molar-refractivity contribution in [2.75, 3.05) is 11.5 Å². The van der Waals surface area contributed by atoms with Gasteiger partial charge in [0, 0.05) is 11.8 Å². The highest BCUT2D eigenvalue weighted by molar-refractivity contribution is 7.99. The summed E-state index contributed by atoms with van der Waals surface area (Å²) in [5.41, 5.74) is 7.23. The lowest BCUT2D eigenvalue weighted by atomic mass is 9.48. The predicted octanol–water partition coefficient (Wildman–Crippen LogP) is 4.31. The molecule has 4 rings (SSSR count). The van der Waals surface area contributed by atoms with E-state index in [0.717, 1.165) is 23.7 Å². The molecule has 2 heteroatoms. The quantitative estimate of drug-likeness (QED) is 0.785. The highest BCUT2D eigenvalue weighted by atomic mass is 32.2. The van der Waals surface area contributed by atoms with Crippen LogP contribution in [-0.2, 0) is 0 Å². The van der Waals surface area contributed by atoms with Crippen molar-refractivity contribution >= 4 is 11.8 Å². The van der Waals surface area contributed by atoms with E-state index in [1.54, 1.807) is 0 Å². The topological polar surface area (TPSA) is 26.0 Å². The van der Waals surface area contributed by atoms with Crippen molar-refractivity contribution in [1.82, 2.24) is 0 Å². The largest absolute Gasteiger partial charge is 0.326 e. The van der Waals surface area contributed by atoms with Gasteiger partial charge < -0.3 is 5.73 Å². The average molecular weight is 282 g/mol. The Kier molecular flexibility index (Phi) is 4.20. The van der Waals surface area contributed by atoms with Crippen LogP contribution in [0, 0.1) is 29.1 Å². The maximum absolute atomic E-state index is 6.68. The molecule has 4 aliphatic carbocycles. The maximum atomic E-state index is 6.68. The van der Waals surface area contributed by atoms with Crippen molar-refractivity contribution in [3.05, 3.63) is 0 Å². The molecule has 4 aliphatic rings. The third-order valence-electron chi connectivity index (χ3n) is 6.27. The van der Waals surface area contributed by atoms with Gasteiger partial charge >= 0.3 is 0 Å². The van der Waals surface area contributed by atoms with E-state index in [1.807, 2.05) is 0 Å². The molecule has 4 saturated carbocycles. The fourth-order valence-corrected chi connectivity index (χ4v) is 6.70. The number of thioether (sulfide) groups is 1. The molecule has 0 heterocycles. The van der Waals surface area contributed by atoms with E-state index >= 15 is 0 Å². The zero-order valence-corrected chi connectivity index (χ0v) is 13.6. The minimum atomic E-state index is 0.468. The Morgan fingerprint density at radius 1 is 1.05 bits per heavy atom. The van der Waals surface area contributed by atoms with Crippen LogP contribution in [0.5, 0.6) is 0 Å². The van der Waals surface area contributed by atoms with E-state index < -0.39 is 0 Å². The summed E-state index contributed by atoms with van der Waals surface area (Å²) >= 11 is 2.12. The Labute approximate surface area is 123 Å². The van der Waals surface area contributed by atoms with Gasteiger partial charge in [0.1, 0.15) is 0 Å². The summed E-state index contributed by atoms with van der Waals surface area (Å²) in [6, 6.07) is 0.468. The van der Waals surface area contributed by atoms with Gasteiger partial charge in [-0.05, 0) is 73.4 Å². The molecule has 4 fully saturated rings. The average Bonchev–Trinajstić information content (AvgIpc) is 2.36. The second kappa shape index (κ2) is 5.60. The van der Waals surface area contributed by atoms with Crippen molar-refractivity contribution in [3.8, 4) is 0 Å². The van der Waals surface area contributed by atoms with Gasteiger partial charge in [-0.25, -0.2) is 0 Å². The van der Waals surface area contributed by atoms with Gasteiger partial charge in [-0.2, -0.15) is 11.8 Å². The Morgan fingerprint density at radius 2 is 1.58 bits per heavy atom. The van der Waals surface area contributed by atoms with E-state index in [9.17, 15) is 0 Å². The number of nitrogens with two attached hydrogens (primary N) is 1. The van der Waals surface area contributed by atoms with E-state index in [0.29, 0.717) is 11.5 Å². The molecule has 4 bridgehead atoms. The minimum absolute atomic E-state index is 0.468. The molecule has 2 N–H and O–H groups in total. The molecular weight excluding hydrogens is 250 g/mol. The van der Waals surface area contributed by atoms with Crippen molar-refractivity contribution in [3.63, 3.8) is 0 Å². The standard InChI is InChI=1S/C17H31NS/c1-3-12(2)10-19-11-16(18)17-7-13-4-14(8-17)6-15(5-13)9-17/h12-16H,3-11,18H2,1-2H3. The van der Waals surface area contributed by atoms with Crippen LogP contribution < -0.4 is 5.73 Å². The van der Waals surface area contributed by atoms with E-state index in [-0.39, 0.29) is 0 Å². The van der Waals surface area contributed by atoms with Gasteiger partial charge in [0.25, 0.3) is 0 Å². The monoisotopic (exact) mass is 281 g/mol. The van der Waals surface area contributed by atoms with Crippen LogP contribution in [0.15, 0.2) is 0 Å². The lowest BCUT2D eigenvalue weighted by Gasteiger charge is -2.59. The van der Waals surface area contributed by atoms with Gasteiger partial charge in [-0.15, -0.1) is 0 Å². The van der Waals surface area contributed by atoms with Crippen LogP contribution in [0.25, 0.3) is 0 Å². The molecule has 0 aromatic carbocycles. The first-order valence-electron chi connectivity index (χ1n) is 8.44. The fourth-order valence-electron chi connectivity index (χ4n) is 5.32. The summed E-state index contributed by atoms with van der Waals surface area (Å²) in [6.07, 6.45) is 10.3. The SMILES string of the molecule is CCC(C)CSCC(N)C12CC3CC(CC(C3)C1)C2. The summed E-state index contributed by atoms with van der Waals surface area (Å²) in [7, 11) is 0. The van der Waals surface area contributed by atoms with Crippen molar-refractivity contribution in [2.24, 2.45) is 34.8 Å². The first-order chi connectivity index (χ1) is 9.11. The van der Waals surface area contributed by atoms with Crippen molar-refractivity contribution in [1.29, 1.82) is 0 Å². The Bertz CT molecular complexity index is 279. The molecular formula is C17H31NS. The molecule has 19 heavy (non-hydrogen) atoms. The Morgan fingerprint density at radius 3 is 2.05 bits per heavy atom. The highest BCUT2D eigenvalue weighted by Crippen LogP contribution is 2.61. The zero-order chi connectivity index (χ0) is 13.5. The molecule has 2 atom stereocenters. The molecule has 0 aliphatic heterocycles. The lowest BCUT2D eigenvalue weighted by Crippen LogP contribution is -2.55. The van der Waals surface area contributed by atoms with E-state index in [1.165, 1.54) is 56.5 Å². The normalized spacial score (nSPS) is 43.4. The summed E-state index contributed by atoms with van der Waals surface area (Å²) < 4.78 is 0. The zero-order valence-electron chi connectivity index (χ0n) is 12.7. The maximum Gasteiger partial charge on any atom is 0.0187 e. The summed E-state index contributed by atoms with van der Waals surface area (Å²) in [6.45, 7) is 4.66. The second-order valence-corrected chi connectivity index (χ2v) is 9.01. The Balaban J connectivity index is 1.55. The van der Waals surface area contributed by atoms with E-state index in [2.05, 4.69) is 25.6 Å². The fraction of sp³-hybridized carbons (Fsp3) is 1.00. The predicted molar refractivity (Wildman–Crippen MR) is 85.4 cm³/mol. The summed E-state index contributed by atoms with van der Waals surface area (Å²) in [5.74, 6) is 6.48. The Hall–Kier alpha value is 0.310. The van der Waals surface area contributed by atoms with Crippen molar-refractivity contribution in [2.45, 2.75) is 64.8 Å². The minimum Gasteiger partial charge on any atom is -0.326 e. The van der Waals surface area contributed by atoms with Crippen LogP contribution in [0.1, 0.15) is 58.8 Å². The van der Waals surface area contributed by atoms with Crippen LogP contribution in [0.2, 0.25) is 0 Å². The molecule has 2 unspecified atom stereocenters. The van der Waals surface area contributed by atoms with E-state index in [4.69, 9.17) is 5.73 Å². The van der Waals surface area contributed by atoms with Crippen LogP contribution in [0.3, 0.4) is 0 Å². The van der Waals surface area contributed by atoms with Gasteiger partial charge in [0.05, 0.1) is 0 Å².